The third kappa shape index (κ3) is 4.33. The maximum absolute atomic E-state index is 12.7. The van der Waals surface area contributed by atoms with Crippen LogP contribution in [-0.4, -0.2) is 15.7 Å². The molecular formula is C21H22ClN3O. The average Bonchev–Trinajstić information content (AvgIpc) is 2.99. The number of nitrogens with one attached hydrogen (secondary N) is 1. The lowest BCUT2D eigenvalue weighted by molar-refractivity contribution is 0.102. The maximum Gasteiger partial charge on any atom is 0.255 e. The summed E-state index contributed by atoms with van der Waals surface area (Å²) in [5.74, 6) is -0.123. The van der Waals surface area contributed by atoms with Crippen molar-refractivity contribution in [2.24, 2.45) is 0 Å². The Bertz CT molecular complexity index is 925. The molecule has 0 aliphatic rings. The van der Waals surface area contributed by atoms with E-state index in [4.69, 9.17) is 11.6 Å². The molecule has 0 radical (unpaired) electrons. The summed E-state index contributed by atoms with van der Waals surface area (Å²) in [5.41, 5.74) is 3.50. The molecule has 0 saturated carbocycles. The number of benzene rings is 2. The number of carbonyl (C=O) groups excluding carboxylic acids is 1. The first-order chi connectivity index (χ1) is 12.3. The summed E-state index contributed by atoms with van der Waals surface area (Å²) in [4.78, 5) is 12.7. The maximum atomic E-state index is 12.7. The van der Waals surface area contributed by atoms with Crippen molar-refractivity contribution in [1.82, 2.24) is 9.78 Å². The third-order valence-corrected chi connectivity index (χ3v) is 4.31. The van der Waals surface area contributed by atoms with Crippen LogP contribution in [-0.2, 0) is 12.0 Å². The minimum atomic E-state index is -0.123. The lowest BCUT2D eigenvalue weighted by Crippen LogP contribution is -2.18. The van der Waals surface area contributed by atoms with Gasteiger partial charge in [-0.2, -0.15) is 5.10 Å². The van der Waals surface area contributed by atoms with E-state index in [0.717, 1.165) is 16.8 Å². The zero-order chi connectivity index (χ0) is 18.7. The fourth-order valence-corrected chi connectivity index (χ4v) is 3.02. The monoisotopic (exact) mass is 367 g/mol. The van der Waals surface area contributed by atoms with Crippen LogP contribution in [0.15, 0.2) is 60.9 Å². The first-order valence-corrected chi connectivity index (χ1v) is 8.88. The minimum Gasteiger partial charge on any atom is -0.322 e. The van der Waals surface area contributed by atoms with Gasteiger partial charge in [0.05, 0.1) is 17.8 Å². The van der Waals surface area contributed by atoms with E-state index in [-0.39, 0.29) is 11.3 Å². The van der Waals surface area contributed by atoms with E-state index in [0.29, 0.717) is 17.1 Å². The van der Waals surface area contributed by atoms with Crippen molar-refractivity contribution in [2.75, 3.05) is 5.32 Å². The number of hydrogen-bond acceptors (Lipinski definition) is 2. The van der Waals surface area contributed by atoms with Crippen LogP contribution in [0.25, 0.3) is 0 Å². The Kier molecular flexibility index (Phi) is 5.14. The molecule has 1 heterocycles. The van der Waals surface area contributed by atoms with Crippen molar-refractivity contribution >= 4 is 23.2 Å². The van der Waals surface area contributed by atoms with E-state index in [1.807, 2.05) is 48.5 Å². The molecule has 1 N–H and O–H groups in total. The van der Waals surface area contributed by atoms with Gasteiger partial charge in [-0.05, 0) is 34.7 Å². The van der Waals surface area contributed by atoms with Crippen LogP contribution in [0.4, 0.5) is 5.69 Å². The highest BCUT2D eigenvalue weighted by Crippen LogP contribution is 2.29. The molecule has 0 unspecified atom stereocenters. The zero-order valence-electron chi connectivity index (χ0n) is 15.2. The fourth-order valence-electron chi connectivity index (χ4n) is 2.86. The van der Waals surface area contributed by atoms with Crippen molar-refractivity contribution in [1.29, 1.82) is 0 Å². The average molecular weight is 368 g/mol. The van der Waals surface area contributed by atoms with Crippen molar-refractivity contribution in [3.63, 3.8) is 0 Å². The molecule has 0 saturated heterocycles. The molecule has 1 amide bonds. The third-order valence-electron chi connectivity index (χ3n) is 4.12. The molecule has 26 heavy (non-hydrogen) atoms. The van der Waals surface area contributed by atoms with Gasteiger partial charge in [-0.1, -0.05) is 62.7 Å². The predicted molar refractivity (Wildman–Crippen MR) is 106 cm³/mol. The molecule has 4 nitrogen and oxygen atoms in total. The molecule has 0 aliphatic carbocycles. The van der Waals surface area contributed by atoms with E-state index in [1.54, 1.807) is 17.1 Å². The highest BCUT2D eigenvalue weighted by Gasteiger charge is 2.19. The van der Waals surface area contributed by atoms with Gasteiger partial charge >= 0.3 is 0 Å². The number of amides is 1. The topological polar surface area (TPSA) is 46.9 Å². The standard InChI is InChI=1S/C21H22ClN3O/c1-21(2,3)18-9-4-5-10-19(18)24-20(26)16-8-6-7-15(11-16)13-25-14-17(22)12-23-25/h4-12,14H,13H2,1-3H3,(H,24,26). The second-order valence-electron chi connectivity index (χ2n) is 7.31. The highest BCUT2D eigenvalue weighted by molar-refractivity contribution is 6.30. The molecule has 5 heteroatoms. The molecular weight excluding hydrogens is 346 g/mol. The van der Waals surface area contributed by atoms with Gasteiger partial charge < -0.3 is 5.32 Å². The van der Waals surface area contributed by atoms with Crippen molar-refractivity contribution in [3.8, 4) is 0 Å². The number of nitrogens with zero attached hydrogens (tertiary/aromatic N) is 2. The molecule has 0 fully saturated rings. The van der Waals surface area contributed by atoms with Gasteiger partial charge in [0, 0.05) is 17.4 Å². The second-order valence-corrected chi connectivity index (χ2v) is 7.74. The van der Waals surface area contributed by atoms with Crippen molar-refractivity contribution < 1.29 is 4.79 Å². The van der Waals surface area contributed by atoms with Gasteiger partial charge in [-0.25, -0.2) is 0 Å². The first-order valence-electron chi connectivity index (χ1n) is 8.51. The van der Waals surface area contributed by atoms with Gasteiger partial charge in [0.1, 0.15) is 0 Å². The summed E-state index contributed by atoms with van der Waals surface area (Å²) in [7, 11) is 0. The first kappa shape index (κ1) is 18.2. The van der Waals surface area contributed by atoms with Crippen LogP contribution in [0, 0.1) is 0 Å². The number of aromatic nitrogens is 2. The number of anilines is 1. The van der Waals surface area contributed by atoms with Gasteiger partial charge in [0.15, 0.2) is 0 Å². The molecule has 3 rings (SSSR count). The molecule has 2 aromatic carbocycles. The normalized spacial score (nSPS) is 11.4. The lowest BCUT2D eigenvalue weighted by Gasteiger charge is -2.23. The predicted octanol–water partition coefficient (Wildman–Crippen LogP) is 5.13. The molecule has 0 atom stereocenters. The molecule has 0 bridgehead atoms. The summed E-state index contributed by atoms with van der Waals surface area (Å²) in [6.45, 7) is 6.96. The highest BCUT2D eigenvalue weighted by atomic mass is 35.5. The van der Waals surface area contributed by atoms with Gasteiger partial charge in [-0.3, -0.25) is 9.48 Å². The molecule has 0 aliphatic heterocycles. The number of hydrogen-bond donors (Lipinski definition) is 1. The summed E-state index contributed by atoms with van der Waals surface area (Å²) in [6, 6.07) is 15.5. The lowest BCUT2D eigenvalue weighted by atomic mass is 9.86. The Labute approximate surface area is 158 Å². The van der Waals surface area contributed by atoms with Gasteiger partial charge in [0.2, 0.25) is 0 Å². The van der Waals surface area contributed by atoms with E-state index in [2.05, 4.69) is 31.2 Å². The molecule has 3 aromatic rings. The quantitative estimate of drug-likeness (QED) is 0.694. The van der Waals surface area contributed by atoms with E-state index in [9.17, 15) is 4.79 Å². The number of para-hydroxylation sites is 1. The molecule has 134 valence electrons. The van der Waals surface area contributed by atoms with Gasteiger partial charge in [-0.15, -0.1) is 0 Å². The number of rotatable bonds is 4. The fraction of sp³-hybridized carbons (Fsp3) is 0.238. The van der Waals surface area contributed by atoms with Crippen LogP contribution >= 0.6 is 11.6 Å². The van der Waals surface area contributed by atoms with E-state index in [1.165, 1.54) is 0 Å². The number of carbonyl (C=O) groups is 1. The Morgan fingerprint density at radius 1 is 1.15 bits per heavy atom. The smallest absolute Gasteiger partial charge is 0.255 e. The van der Waals surface area contributed by atoms with Crippen molar-refractivity contribution in [3.05, 3.63) is 82.6 Å². The van der Waals surface area contributed by atoms with Crippen LogP contribution in [0.3, 0.4) is 0 Å². The molecule has 0 spiro atoms. The number of halogens is 1. The Morgan fingerprint density at radius 2 is 1.92 bits per heavy atom. The van der Waals surface area contributed by atoms with Crippen molar-refractivity contribution in [2.45, 2.75) is 32.7 Å². The summed E-state index contributed by atoms with van der Waals surface area (Å²) < 4.78 is 1.74. The summed E-state index contributed by atoms with van der Waals surface area (Å²) >= 11 is 5.90. The summed E-state index contributed by atoms with van der Waals surface area (Å²) in [6.07, 6.45) is 3.36. The SMILES string of the molecule is CC(C)(C)c1ccccc1NC(=O)c1cccc(Cn2cc(Cl)cn2)c1. The van der Waals surface area contributed by atoms with Crippen LogP contribution in [0.2, 0.25) is 5.02 Å². The van der Waals surface area contributed by atoms with Crippen LogP contribution in [0.5, 0.6) is 0 Å². The Morgan fingerprint density at radius 3 is 2.62 bits per heavy atom. The van der Waals surface area contributed by atoms with Crippen LogP contribution < -0.4 is 5.32 Å². The van der Waals surface area contributed by atoms with Gasteiger partial charge in [0.25, 0.3) is 5.91 Å². The minimum absolute atomic E-state index is 0.0505. The van der Waals surface area contributed by atoms with E-state index < -0.39 is 0 Å². The second kappa shape index (κ2) is 7.34. The Balaban J connectivity index is 1.80. The molecule has 1 aromatic heterocycles. The zero-order valence-corrected chi connectivity index (χ0v) is 15.9. The van der Waals surface area contributed by atoms with Crippen LogP contribution in [0.1, 0.15) is 42.3 Å². The summed E-state index contributed by atoms with van der Waals surface area (Å²) in [5, 5.41) is 7.82. The largest absolute Gasteiger partial charge is 0.322 e. The Hall–Kier alpha value is -2.59. The van der Waals surface area contributed by atoms with E-state index >= 15 is 0 Å².